The van der Waals surface area contributed by atoms with Crippen LogP contribution < -0.4 is 0 Å². The number of carboxylic acids is 1. The van der Waals surface area contributed by atoms with Gasteiger partial charge in [-0.1, -0.05) is 0 Å². The molecule has 0 atom stereocenters. The summed E-state index contributed by atoms with van der Waals surface area (Å²) in [5.74, 6) is -0.480. The Bertz CT molecular complexity index is 584. The van der Waals surface area contributed by atoms with Crippen LogP contribution in [-0.4, -0.2) is 25.8 Å². The van der Waals surface area contributed by atoms with Crippen molar-refractivity contribution < 1.29 is 9.90 Å². The van der Waals surface area contributed by atoms with Crippen molar-refractivity contribution in [3.8, 4) is 0 Å². The van der Waals surface area contributed by atoms with Crippen LogP contribution in [0.4, 0.5) is 0 Å². The summed E-state index contributed by atoms with van der Waals surface area (Å²) in [7, 11) is 1.77. The number of carboxylic acid groups (broad SMARTS) is 1. The van der Waals surface area contributed by atoms with Gasteiger partial charge >= 0.3 is 5.97 Å². The second kappa shape index (κ2) is 3.04. The second-order valence-electron chi connectivity index (χ2n) is 4.21. The lowest BCUT2D eigenvalue weighted by Crippen LogP contribution is -2.00. The summed E-state index contributed by atoms with van der Waals surface area (Å²) in [6.45, 7) is 0. The summed E-state index contributed by atoms with van der Waals surface area (Å²) in [6.07, 6.45) is 3.90. The molecule has 0 aromatic carbocycles. The lowest BCUT2D eigenvalue weighted by Gasteiger charge is -2.00. The molecule has 16 heavy (non-hydrogen) atoms. The Hall–Kier alpha value is -1.91. The Morgan fingerprint density at radius 1 is 1.56 bits per heavy atom. The number of fused-ring (bicyclic) bond motifs is 1. The summed E-state index contributed by atoms with van der Waals surface area (Å²) in [6, 6.07) is 1.68. The van der Waals surface area contributed by atoms with Gasteiger partial charge in [-0.05, 0) is 18.9 Å². The van der Waals surface area contributed by atoms with Crippen LogP contribution in [0.3, 0.4) is 0 Å². The molecule has 0 unspecified atom stereocenters. The molecular formula is C11H11N3O2. The van der Waals surface area contributed by atoms with Crippen LogP contribution >= 0.6 is 0 Å². The molecule has 1 fully saturated rings. The van der Waals surface area contributed by atoms with Crippen molar-refractivity contribution >= 4 is 17.0 Å². The van der Waals surface area contributed by atoms with Gasteiger partial charge in [0.15, 0.2) is 5.65 Å². The van der Waals surface area contributed by atoms with Gasteiger partial charge in [0, 0.05) is 24.9 Å². The van der Waals surface area contributed by atoms with E-state index in [0.29, 0.717) is 22.5 Å². The molecule has 5 heteroatoms. The quantitative estimate of drug-likeness (QED) is 0.828. The zero-order valence-corrected chi connectivity index (χ0v) is 8.84. The Balaban J connectivity index is 2.29. The average Bonchev–Trinajstić information content (AvgIpc) is 2.98. The first-order valence-electron chi connectivity index (χ1n) is 5.23. The number of aryl methyl sites for hydroxylation is 1. The molecule has 0 saturated heterocycles. The second-order valence-corrected chi connectivity index (χ2v) is 4.21. The lowest BCUT2D eigenvalue weighted by atomic mass is 10.1. The van der Waals surface area contributed by atoms with Crippen LogP contribution in [0.2, 0.25) is 0 Å². The number of aromatic carboxylic acids is 1. The van der Waals surface area contributed by atoms with Gasteiger partial charge in [-0.25, -0.2) is 9.78 Å². The van der Waals surface area contributed by atoms with Gasteiger partial charge in [-0.3, -0.25) is 4.68 Å². The summed E-state index contributed by atoms with van der Waals surface area (Å²) in [5.41, 5.74) is 1.70. The number of hydrogen-bond donors (Lipinski definition) is 1. The molecule has 2 aromatic rings. The third-order valence-electron chi connectivity index (χ3n) is 2.85. The maximum absolute atomic E-state index is 11.2. The molecule has 5 nitrogen and oxygen atoms in total. The van der Waals surface area contributed by atoms with Crippen LogP contribution in [0.15, 0.2) is 12.3 Å². The highest BCUT2D eigenvalue weighted by molar-refractivity contribution is 6.01. The highest BCUT2D eigenvalue weighted by Crippen LogP contribution is 2.40. The standard InChI is InChI=1S/C11H11N3O2/c1-14-5-8-7(11(15)16)4-9(6-2-3-6)12-10(8)13-14/h4-6H,2-3H2,1H3,(H,15,16). The maximum atomic E-state index is 11.2. The third-order valence-corrected chi connectivity index (χ3v) is 2.85. The summed E-state index contributed by atoms with van der Waals surface area (Å²) in [4.78, 5) is 15.6. The van der Waals surface area contributed by atoms with Crippen molar-refractivity contribution in [2.75, 3.05) is 0 Å². The van der Waals surface area contributed by atoms with Crippen molar-refractivity contribution in [3.05, 3.63) is 23.5 Å². The van der Waals surface area contributed by atoms with E-state index in [1.165, 1.54) is 0 Å². The first-order valence-corrected chi connectivity index (χ1v) is 5.23. The maximum Gasteiger partial charge on any atom is 0.336 e. The fourth-order valence-corrected chi connectivity index (χ4v) is 1.89. The Labute approximate surface area is 91.7 Å². The fraction of sp³-hybridized carbons (Fsp3) is 0.364. The minimum absolute atomic E-state index is 0.306. The molecule has 1 N–H and O–H groups in total. The van der Waals surface area contributed by atoms with Crippen molar-refractivity contribution in [1.29, 1.82) is 0 Å². The number of hydrogen-bond acceptors (Lipinski definition) is 3. The predicted octanol–water partition coefficient (Wildman–Crippen LogP) is 1.54. The molecule has 82 valence electrons. The van der Waals surface area contributed by atoms with Gasteiger partial charge in [0.2, 0.25) is 0 Å². The lowest BCUT2D eigenvalue weighted by molar-refractivity contribution is 0.0699. The molecule has 0 radical (unpaired) electrons. The Morgan fingerprint density at radius 2 is 2.31 bits per heavy atom. The van der Waals surface area contributed by atoms with E-state index >= 15 is 0 Å². The van der Waals surface area contributed by atoms with Crippen molar-refractivity contribution in [2.24, 2.45) is 7.05 Å². The van der Waals surface area contributed by atoms with E-state index in [1.54, 1.807) is 24.0 Å². The molecule has 0 spiro atoms. The summed E-state index contributed by atoms with van der Waals surface area (Å²) >= 11 is 0. The van der Waals surface area contributed by atoms with E-state index in [2.05, 4.69) is 10.1 Å². The van der Waals surface area contributed by atoms with E-state index < -0.39 is 5.97 Å². The van der Waals surface area contributed by atoms with Gasteiger partial charge in [0.1, 0.15) is 0 Å². The van der Waals surface area contributed by atoms with Crippen LogP contribution in [0.1, 0.15) is 34.8 Å². The first-order chi connectivity index (χ1) is 7.65. The topological polar surface area (TPSA) is 68.0 Å². The molecule has 2 heterocycles. The number of nitrogens with zero attached hydrogens (tertiary/aromatic N) is 3. The SMILES string of the molecule is Cn1cc2c(C(=O)O)cc(C3CC3)nc2n1. The van der Waals surface area contributed by atoms with Crippen molar-refractivity contribution in [2.45, 2.75) is 18.8 Å². The smallest absolute Gasteiger partial charge is 0.336 e. The molecule has 1 aliphatic carbocycles. The molecule has 0 bridgehead atoms. The Kier molecular flexibility index (Phi) is 1.77. The minimum Gasteiger partial charge on any atom is -0.478 e. The average molecular weight is 217 g/mol. The van der Waals surface area contributed by atoms with Crippen LogP contribution in [0.25, 0.3) is 11.0 Å². The predicted molar refractivity (Wildman–Crippen MR) is 57.4 cm³/mol. The molecule has 1 aliphatic rings. The molecule has 2 aromatic heterocycles. The van der Waals surface area contributed by atoms with E-state index in [4.69, 9.17) is 5.11 Å². The van der Waals surface area contributed by atoms with Crippen molar-refractivity contribution in [1.82, 2.24) is 14.8 Å². The van der Waals surface area contributed by atoms with Crippen LogP contribution in [-0.2, 0) is 7.05 Å². The molecule has 1 saturated carbocycles. The van der Waals surface area contributed by atoms with Gasteiger partial charge in [0.05, 0.1) is 10.9 Å². The third kappa shape index (κ3) is 1.36. The molecule has 0 aliphatic heterocycles. The Morgan fingerprint density at radius 3 is 2.94 bits per heavy atom. The van der Waals surface area contributed by atoms with Gasteiger partial charge < -0.3 is 5.11 Å². The monoisotopic (exact) mass is 217 g/mol. The zero-order valence-electron chi connectivity index (χ0n) is 8.84. The van der Waals surface area contributed by atoms with E-state index in [1.807, 2.05) is 0 Å². The largest absolute Gasteiger partial charge is 0.478 e. The fourth-order valence-electron chi connectivity index (χ4n) is 1.89. The minimum atomic E-state index is -0.915. The van der Waals surface area contributed by atoms with Crippen LogP contribution in [0, 0.1) is 0 Å². The van der Waals surface area contributed by atoms with Gasteiger partial charge in [-0.15, -0.1) is 0 Å². The number of rotatable bonds is 2. The van der Waals surface area contributed by atoms with Crippen molar-refractivity contribution in [3.63, 3.8) is 0 Å². The summed E-state index contributed by atoms with van der Waals surface area (Å²) in [5, 5.41) is 13.9. The van der Waals surface area contributed by atoms with E-state index in [-0.39, 0.29) is 0 Å². The van der Waals surface area contributed by atoms with Crippen LogP contribution in [0.5, 0.6) is 0 Å². The van der Waals surface area contributed by atoms with E-state index in [0.717, 1.165) is 18.5 Å². The number of aromatic nitrogens is 3. The highest BCUT2D eigenvalue weighted by atomic mass is 16.4. The first kappa shape index (κ1) is 9.33. The number of carbonyl (C=O) groups is 1. The number of pyridine rings is 1. The molecular weight excluding hydrogens is 206 g/mol. The van der Waals surface area contributed by atoms with Gasteiger partial charge in [-0.2, -0.15) is 5.10 Å². The zero-order chi connectivity index (χ0) is 11.3. The van der Waals surface area contributed by atoms with E-state index in [9.17, 15) is 4.79 Å². The summed E-state index contributed by atoms with van der Waals surface area (Å²) < 4.78 is 1.60. The van der Waals surface area contributed by atoms with Gasteiger partial charge in [0.25, 0.3) is 0 Å². The normalized spacial score (nSPS) is 15.6. The molecule has 3 rings (SSSR count). The highest BCUT2D eigenvalue weighted by Gasteiger charge is 2.27. The molecule has 0 amide bonds.